The fourth-order valence-corrected chi connectivity index (χ4v) is 1.24. The number of hydrogen-bond donors (Lipinski definition) is 1. The summed E-state index contributed by atoms with van der Waals surface area (Å²) in [6, 6.07) is 4.08. The van der Waals surface area contributed by atoms with Crippen LogP contribution in [0.5, 0.6) is 0 Å². The number of aryl methyl sites for hydroxylation is 1. The zero-order chi connectivity index (χ0) is 8.55. The van der Waals surface area contributed by atoms with E-state index in [9.17, 15) is 0 Å². The quantitative estimate of drug-likeness (QED) is 0.629. The summed E-state index contributed by atoms with van der Waals surface area (Å²) in [5.74, 6) is 1.91. The topological polar surface area (TPSA) is 37.3 Å². The van der Waals surface area contributed by atoms with Crippen LogP contribution in [0.2, 0.25) is 0 Å². The molecule has 0 aliphatic carbocycles. The number of fused-ring (bicyclic) bond motifs is 1. The van der Waals surface area contributed by atoms with Gasteiger partial charge in [-0.3, -0.25) is 4.99 Å². The fourth-order valence-electron chi connectivity index (χ4n) is 1.24. The van der Waals surface area contributed by atoms with Crippen LogP contribution in [0.3, 0.4) is 0 Å². The highest BCUT2D eigenvalue weighted by atomic mass is 15.1. The van der Waals surface area contributed by atoms with E-state index in [1.54, 1.807) is 0 Å². The van der Waals surface area contributed by atoms with Crippen LogP contribution in [0, 0.1) is 6.92 Å². The Labute approximate surface area is 71.6 Å². The molecule has 0 unspecified atom stereocenters. The first kappa shape index (κ1) is 7.28. The number of nitrogens with one attached hydrogen (secondary N) is 1. The molecule has 3 nitrogen and oxygen atoms in total. The van der Waals surface area contributed by atoms with Crippen molar-refractivity contribution in [3.63, 3.8) is 0 Å². The number of anilines is 1. The highest BCUT2D eigenvalue weighted by Gasteiger charge is 2.08. The van der Waals surface area contributed by atoms with Gasteiger partial charge in [-0.1, -0.05) is 6.07 Å². The molecular weight excluding hydrogens is 150 g/mol. The van der Waals surface area contributed by atoms with E-state index in [2.05, 4.69) is 21.4 Å². The third-order valence-corrected chi connectivity index (χ3v) is 1.90. The molecule has 62 valence electrons. The Bertz CT molecular complexity index is 342. The molecule has 1 aromatic rings. The summed E-state index contributed by atoms with van der Waals surface area (Å²) in [6.45, 7) is 4.69. The molecule has 1 aliphatic heterocycles. The molecule has 12 heavy (non-hydrogen) atoms. The van der Waals surface area contributed by atoms with Crippen molar-refractivity contribution in [3.05, 3.63) is 23.4 Å². The first-order valence-corrected chi connectivity index (χ1v) is 4.00. The van der Waals surface area contributed by atoms with Gasteiger partial charge in [0.05, 0.1) is 12.4 Å². The Balaban J connectivity index is 2.43. The monoisotopic (exact) mass is 161 g/mol. The van der Waals surface area contributed by atoms with Crippen molar-refractivity contribution in [3.8, 4) is 0 Å². The van der Waals surface area contributed by atoms with Crippen molar-refractivity contribution in [2.24, 2.45) is 4.99 Å². The molecule has 0 bridgehead atoms. The van der Waals surface area contributed by atoms with Gasteiger partial charge in [-0.15, -0.1) is 0 Å². The molecular formula is C9H11N3. The molecule has 1 aliphatic rings. The molecule has 0 atom stereocenters. The summed E-state index contributed by atoms with van der Waals surface area (Å²) in [4.78, 5) is 8.64. The normalized spacial score (nSPS) is 14.7. The maximum Gasteiger partial charge on any atom is 0.136 e. The number of pyridine rings is 1. The van der Waals surface area contributed by atoms with Gasteiger partial charge < -0.3 is 5.32 Å². The summed E-state index contributed by atoms with van der Waals surface area (Å²) in [7, 11) is 0. The van der Waals surface area contributed by atoms with E-state index in [0.29, 0.717) is 0 Å². The third kappa shape index (κ3) is 1.18. The average molecular weight is 161 g/mol. The maximum atomic E-state index is 4.37. The molecule has 0 saturated carbocycles. The lowest BCUT2D eigenvalue weighted by molar-refractivity contribution is 1.01. The first-order chi connectivity index (χ1) is 5.75. The molecule has 2 rings (SSSR count). The Morgan fingerprint density at radius 2 is 2.17 bits per heavy atom. The van der Waals surface area contributed by atoms with E-state index < -0.39 is 0 Å². The number of hydrogen-bond acceptors (Lipinski definition) is 3. The minimum Gasteiger partial charge on any atom is -0.329 e. The Hall–Kier alpha value is -1.38. The van der Waals surface area contributed by atoms with Crippen molar-refractivity contribution in [1.82, 2.24) is 4.98 Å². The van der Waals surface area contributed by atoms with Gasteiger partial charge in [0.15, 0.2) is 0 Å². The molecule has 0 radical (unpaired) electrons. The molecule has 1 aromatic heterocycles. The SMILES string of the molecule is CC1=NCc2ccc(C)nc2N1. The van der Waals surface area contributed by atoms with E-state index in [1.165, 1.54) is 5.56 Å². The average Bonchev–Trinajstić information content (AvgIpc) is 2.03. The van der Waals surface area contributed by atoms with Crippen LogP contribution < -0.4 is 5.32 Å². The van der Waals surface area contributed by atoms with E-state index >= 15 is 0 Å². The van der Waals surface area contributed by atoms with Gasteiger partial charge in [0.25, 0.3) is 0 Å². The lowest BCUT2D eigenvalue weighted by atomic mass is 10.2. The third-order valence-electron chi connectivity index (χ3n) is 1.90. The zero-order valence-electron chi connectivity index (χ0n) is 7.26. The van der Waals surface area contributed by atoms with E-state index in [1.807, 2.05) is 19.9 Å². The summed E-state index contributed by atoms with van der Waals surface area (Å²) in [5, 5.41) is 3.14. The summed E-state index contributed by atoms with van der Waals surface area (Å²) < 4.78 is 0. The largest absolute Gasteiger partial charge is 0.329 e. The smallest absolute Gasteiger partial charge is 0.136 e. The van der Waals surface area contributed by atoms with Crippen LogP contribution in [0.25, 0.3) is 0 Å². The van der Waals surface area contributed by atoms with E-state index in [0.717, 1.165) is 23.9 Å². The maximum absolute atomic E-state index is 4.37. The summed E-state index contributed by atoms with van der Waals surface area (Å²) in [5.41, 5.74) is 2.21. The van der Waals surface area contributed by atoms with Gasteiger partial charge in [-0.05, 0) is 19.9 Å². The molecule has 0 aromatic carbocycles. The Kier molecular flexibility index (Phi) is 1.57. The van der Waals surface area contributed by atoms with Gasteiger partial charge in [0.1, 0.15) is 5.82 Å². The number of rotatable bonds is 0. The standard InChI is InChI=1S/C9H11N3/c1-6-3-4-8-5-10-7(2)12-9(8)11-6/h3-4H,5H2,1-2H3,(H,10,11,12). The van der Waals surface area contributed by atoms with E-state index in [-0.39, 0.29) is 0 Å². The number of nitrogens with zero attached hydrogens (tertiary/aromatic N) is 2. The van der Waals surface area contributed by atoms with Crippen LogP contribution >= 0.6 is 0 Å². The number of amidine groups is 1. The molecule has 1 N–H and O–H groups in total. The molecule has 0 saturated heterocycles. The molecule has 2 heterocycles. The number of aromatic nitrogens is 1. The van der Waals surface area contributed by atoms with Crippen molar-refractivity contribution < 1.29 is 0 Å². The van der Waals surface area contributed by atoms with Crippen LogP contribution in [0.1, 0.15) is 18.2 Å². The van der Waals surface area contributed by atoms with Crippen molar-refractivity contribution in [1.29, 1.82) is 0 Å². The highest BCUT2D eigenvalue weighted by molar-refractivity contribution is 5.94. The fraction of sp³-hybridized carbons (Fsp3) is 0.333. The lowest BCUT2D eigenvalue weighted by Gasteiger charge is -2.14. The first-order valence-electron chi connectivity index (χ1n) is 4.00. The number of aliphatic imine (C=N–C) groups is 1. The van der Waals surface area contributed by atoms with Crippen molar-refractivity contribution >= 4 is 11.7 Å². The van der Waals surface area contributed by atoms with Crippen LogP contribution in [-0.4, -0.2) is 10.8 Å². The summed E-state index contributed by atoms with van der Waals surface area (Å²) >= 11 is 0. The minimum absolute atomic E-state index is 0.751. The van der Waals surface area contributed by atoms with Gasteiger partial charge in [-0.25, -0.2) is 4.98 Å². The zero-order valence-corrected chi connectivity index (χ0v) is 7.26. The second kappa shape index (κ2) is 2.59. The van der Waals surface area contributed by atoms with Crippen LogP contribution in [0.4, 0.5) is 5.82 Å². The van der Waals surface area contributed by atoms with Crippen molar-refractivity contribution in [2.45, 2.75) is 20.4 Å². The Morgan fingerprint density at radius 3 is 3.00 bits per heavy atom. The lowest BCUT2D eigenvalue weighted by Crippen LogP contribution is -2.15. The van der Waals surface area contributed by atoms with Gasteiger partial charge in [0.2, 0.25) is 0 Å². The minimum atomic E-state index is 0.751. The predicted molar refractivity (Wildman–Crippen MR) is 49.4 cm³/mol. The second-order valence-corrected chi connectivity index (χ2v) is 2.99. The van der Waals surface area contributed by atoms with Gasteiger partial charge >= 0.3 is 0 Å². The molecule has 0 amide bonds. The van der Waals surface area contributed by atoms with Crippen LogP contribution in [0.15, 0.2) is 17.1 Å². The second-order valence-electron chi connectivity index (χ2n) is 2.99. The van der Waals surface area contributed by atoms with Crippen molar-refractivity contribution in [2.75, 3.05) is 5.32 Å². The van der Waals surface area contributed by atoms with E-state index in [4.69, 9.17) is 0 Å². The molecule has 0 fully saturated rings. The molecule has 0 spiro atoms. The summed E-state index contributed by atoms with van der Waals surface area (Å²) in [6.07, 6.45) is 0. The molecule has 3 heteroatoms. The van der Waals surface area contributed by atoms with Gasteiger partial charge in [-0.2, -0.15) is 0 Å². The Morgan fingerprint density at radius 1 is 1.33 bits per heavy atom. The van der Waals surface area contributed by atoms with Crippen LogP contribution in [-0.2, 0) is 6.54 Å². The predicted octanol–water partition coefficient (Wildman–Crippen LogP) is 1.73. The highest BCUT2D eigenvalue weighted by Crippen LogP contribution is 2.17. The van der Waals surface area contributed by atoms with Gasteiger partial charge in [0, 0.05) is 11.3 Å².